The van der Waals surface area contributed by atoms with Gasteiger partial charge in [0.15, 0.2) is 0 Å². The minimum atomic E-state index is 0.954. The van der Waals surface area contributed by atoms with Gasteiger partial charge < -0.3 is 4.74 Å². The number of hydrogen-bond acceptors (Lipinski definition) is 1. The maximum atomic E-state index is 5.41. The van der Waals surface area contributed by atoms with Crippen molar-refractivity contribution in [1.29, 1.82) is 0 Å². The minimum absolute atomic E-state index is 0.954. The topological polar surface area (TPSA) is 9.23 Å². The smallest absolute Gasteiger partial charge is 0.134 e. The molecule has 0 saturated carbocycles. The molecule has 0 unspecified atom stereocenters. The number of hydrogen-bond donors (Lipinski definition) is 0. The molecule has 2 bridgehead atoms. The highest BCUT2D eigenvalue weighted by Crippen LogP contribution is 2.16. The van der Waals surface area contributed by atoms with Crippen LogP contribution in [-0.4, -0.2) is 0 Å². The lowest BCUT2D eigenvalue weighted by molar-refractivity contribution is 0.476. The Bertz CT molecular complexity index is 537. The van der Waals surface area contributed by atoms with Gasteiger partial charge in [0.2, 0.25) is 0 Å². The monoisotopic (exact) mass is 168 g/mol. The van der Waals surface area contributed by atoms with Gasteiger partial charge in [0.1, 0.15) is 5.75 Å². The summed E-state index contributed by atoms with van der Waals surface area (Å²) in [7, 11) is 0. The van der Waals surface area contributed by atoms with Crippen LogP contribution >= 0.6 is 0 Å². The van der Waals surface area contributed by atoms with Crippen LogP contribution in [0.25, 0.3) is 16.8 Å². The van der Waals surface area contributed by atoms with Crippen molar-refractivity contribution in [1.82, 2.24) is 0 Å². The van der Waals surface area contributed by atoms with Crippen LogP contribution < -0.4 is 9.96 Å². The van der Waals surface area contributed by atoms with Crippen molar-refractivity contribution in [3.8, 4) is 5.75 Å². The molecule has 0 aromatic heterocycles. The molecule has 0 spiro atoms. The predicted octanol–water partition coefficient (Wildman–Crippen LogP) is 2.25. The molecule has 3 rings (SSSR count). The Morgan fingerprint density at radius 1 is 1.08 bits per heavy atom. The largest absolute Gasteiger partial charge is 0.464 e. The van der Waals surface area contributed by atoms with Crippen LogP contribution in [0.1, 0.15) is 0 Å². The second-order valence-electron chi connectivity index (χ2n) is 3.16. The first kappa shape index (κ1) is 6.72. The van der Waals surface area contributed by atoms with E-state index in [-0.39, 0.29) is 0 Å². The summed E-state index contributed by atoms with van der Waals surface area (Å²) in [6, 6.07) is 10.5. The highest BCUT2D eigenvalue weighted by Gasteiger charge is 2.02. The van der Waals surface area contributed by atoms with Gasteiger partial charge in [0.25, 0.3) is 0 Å². The van der Waals surface area contributed by atoms with Crippen LogP contribution in [0.5, 0.6) is 5.75 Å². The average molecular weight is 168 g/mol. The quantitative estimate of drug-likeness (QED) is 0.586. The first-order chi connectivity index (χ1) is 6.43. The zero-order valence-corrected chi connectivity index (χ0v) is 7.03. The van der Waals surface area contributed by atoms with E-state index < -0.39 is 0 Å². The van der Waals surface area contributed by atoms with E-state index in [9.17, 15) is 0 Å². The first-order valence-electron chi connectivity index (χ1n) is 4.29. The van der Waals surface area contributed by atoms with Crippen LogP contribution in [0.15, 0.2) is 42.7 Å². The third kappa shape index (κ3) is 0.937. The van der Waals surface area contributed by atoms with E-state index in [1.165, 1.54) is 16.0 Å². The van der Waals surface area contributed by atoms with Crippen molar-refractivity contribution in [2.75, 3.05) is 0 Å². The van der Waals surface area contributed by atoms with Gasteiger partial charge in [-0.15, -0.1) is 0 Å². The van der Waals surface area contributed by atoms with E-state index >= 15 is 0 Å². The lowest BCUT2D eigenvalue weighted by atomic mass is 10.1. The predicted molar refractivity (Wildman–Crippen MR) is 53.4 cm³/mol. The summed E-state index contributed by atoms with van der Waals surface area (Å²) in [6.07, 6.45) is 5.71. The molecule has 1 nitrogen and oxygen atoms in total. The fraction of sp³-hybridized carbons (Fsp3) is 0. The van der Waals surface area contributed by atoms with E-state index in [2.05, 4.69) is 36.4 Å². The summed E-state index contributed by atoms with van der Waals surface area (Å²) in [5, 5.41) is 3.62. The van der Waals surface area contributed by atoms with Crippen molar-refractivity contribution in [3.63, 3.8) is 0 Å². The first-order valence-corrected chi connectivity index (χ1v) is 4.29. The Morgan fingerprint density at radius 2 is 2.08 bits per heavy atom. The molecule has 1 heterocycles. The molecule has 0 aliphatic carbocycles. The SMILES string of the molecule is C1=COc2cc3cccc(c3)c2=C1. The van der Waals surface area contributed by atoms with Crippen LogP contribution in [0.4, 0.5) is 0 Å². The highest BCUT2D eigenvalue weighted by molar-refractivity contribution is 5.75. The maximum absolute atomic E-state index is 5.41. The molecular weight excluding hydrogens is 160 g/mol. The number of benzene rings is 2. The summed E-state index contributed by atoms with van der Waals surface area (Å²) in [4.78, 5) is 0. The van der Waals surface area contributed by atoms with Crippen molar-refractivity contribution in [2.45, 2.75) is 0 Å². The lowest BCUT2D eigenvalue weighted by Crippen LogP contribution is -2.08. The number of rotatable bonds is 0. The molecule has 0 atom stereocenters. The fourth-order valence-electron chi connectivity index (χ4n) is 1.69. The Balaban J connectivity index is 2.55. The fourth-order valence-corrected chi connectivity index (χ4v) is 1.69. The van der Waals surface area contributed by atoms with Crippen molar-refractivity contribution in [3.05, 3.63) is 47.9 Å². The molecule has 2 aromatic rings. The standard InChI is InChI=1S/C12H8O/c1-3-9-7-10(4-1)11-5-2-6-13-12(11)8-9/h1-8H. The molecule has 2 aromatic carbocycles. The van der Waals surface area contributed by atoms with E-state index in [1.807, 2.05) is 6.08 Å². The molecule has 1 aliphatic heterocycles. The Labute approximate surface area is 75.9 Å². The van der Waals surface area contributed by atoms with Crippen molar-refractivity contribution >= 4 is 16.8 Å². The van der Waals surface area contributed by atoms with E-state index in [0.717, 1.165) is 5.75 Å². The molecule has 0 amide bonds. The molecule has 62 valence electrons. The van der Waals surface area contributed by atoms with Gasteiger partial charge in [-0.05, 0) is 35.1 Å². The summed E-state index contributed by atoms with van der Waals surface area (Å²) in [5.41, 5.74) is 0. The van der Waals surface area contributed by atoms with Gasteiger partial charge >= 0.3 is 0 Å². The second kappa shape index (κ2) is 2.36. The van der Waals surface area contributed by atoms with Crippen molar-refractivity contribution in [2.24, 2.45) is 0 Å². The number of allylic oxidation sites excluding steroid dienone is 1. The average Bonchev–Trinajstić information content (AvgIpc) is 2.18. The molecule has 0 radical (unpaired) electrons. The van der Waals surface area contributed by atoms with Crippen LogP contribution in [0.2, 0.25) is 0 Å². The normalized spacial score (nSPS) is 13.5. The molecule has 1 heteroatoms. The highest BCUT2D eigenvalue weighted by atomic mass is 16.5. The maximum Gasteiger partial charge on any atom is 0.134 e. The summed E-state index contributed by atoms with van der Waals surface area (Å²) in [5.74, 6) is 0.954. The minimum Gasteiger partial charge on any atom is -0.464 e. The number of fused-ring (bicyclic) bond motifs is 4. The summed E-state index contributed by atoms with van der Waals surface area (Å²) < 4.78 is 5.41. The molecular formula is C12H8O. The number of ether oxygens (including phenoxy) is 1. The summed E-state index contributed by atoms with van der Waals surface area (Å²) >= 11 is 0. The van der Waals surface area contributed by atoms with Crippen LogP contribution in [0, 0.1) is 0 Å². The van der Waals surface area contributed by atoms with Gasteiger partial charge in [0, 0.05) is 5.22 Å². The molecule has 0 saturated heterocycles. The Kier molecular flexibility index (Phi) is 1.22. The molecule has 0 N–H and O–H groups in total. The van der Waals surface area contributed by atoms with Crippen LogP contribution in [0.3, 0.4) is 0 Å². The second-order valence-corrected chi connectivity index (χ2v) is 3.16. The third-order valence-corrected chi connectivity index (χ3v) is 2.30. The zero-order chi connectivity index (χ0) is 8.67. The van der Waals surface area contributed by atoms with E-state index in [0.29, 0.717) is 0 Å². The van der Waals surface area contributed by atoms with Gasteiger partial charge in [0.05, 0.1) is 6.26 Å². The molecule has 13 heavy (non-hydrogen) atoms. The van der Waals surface area contributed by atoms with Gasteiger partial charge in [-0.1, -0.05) is 18.2 Å². The van der Waals surface area contributed by atoms with Gasteiger partial charge in [-0.3, -0.25) is 0 Å². The van der Waals surface area contributed by atoms with Crippen LogP contribution in [-0.2, 0) is 0 Å². The molecule has 0 fully saturated rings. The van der Waals surface area contributed by atoms with Crippen molar-refractivity contribution < 1.29 is 4.74 Å². The molecule has 1 aliphatic rings. The van der Waals surface area contributed by atoms with Gasteiger partial charge in [-0.25, -0.2) is 0 Å². The van der Waals surface area contributed by atoms with E-state index in [4.69, 9.17) is 4.74 Å². The lowest BCUT2D eigenvalue weighted by Gasteiger charge is -2.07. The zero-order valence-electron chi connectivity index (χ0n) is 7.03. The van der Waals surface area contributed by atoms with E-state index in [1.54, 1.807) is 6.26 Å². The summed E-state index contributed by atoms with van der Waals surface area (Å²) in [6.45, 7) is 0. The Hall–Kier alpha value is -1.76. The third-order valence-electron chi connectivity index (χ3n) is 2.30. The van der Waals surface area contributed by atoms with Gasteiger partial charge in [-0.2, -0.15) is 0 Å². The Morgan fingerprint density at radius 3 is 3.08 bits per heavy atom.